The lowest BCUT2D eigenvalue weighted by atomic mass is 9.82. The Morgan fingerprint density at radius 2 is 1.84 bits per heavy atom. The van der Waals surface area contributed by atoms with Gasteiger partial charge in [0.25, 0.3) is 0 Å². The van der Waals surface area contributed by atoms with Crippen molar-refractivity contribution >= 4 is 27.3 Å². The topological polar surface area (TPSA) is 79.0 Å². The van der Waals surface area contributed by atoms with Crippen molar-refractivity contribution in [3.8, 4) is 11.8 Å². The Hall–Kier alpha value is -2.82. The third-order valence-corrected chi connectivity index (χ3v) is 9.31. The number of hydrogen-bond acceptors (Lipinski definition) is 5. The molecule has 2 aromatic carbocycles. The summed E-state index contributed by atoms with van der Waals surface area (Å²) in [7, 11) is -3.97. The molecule has 2 atom stereocenters. The molecule has 0 bridgehead atoms. The van der Waals surface area contributed by atoms with Gasteiger partial charge in [-0.15, -0.1) is 0 Å². The molecule has 2 aliphatic rings. The molecule has 1 fully saturated rings. The number of aryl methyl sites for hydroxylation is 1. The van der Waals surface area contributed by atoms with Crippen LogP contribution in [-0.4, -0.2) is 35.5 Å². The molecule has 6 nitrogen and oxygen atoms in total. The van der Waals surface area contributed by atoms with Crippen LogP contribution in [0, 0.1) is 18.3 Å². The number of nitriles is 1. The van der Waals surface area contributed by atoms with Gasteiger partial charge in [0.1, 0.15) is 5.82 Å². The van der Waals surface area contributed by atoms with Gasteiger partial charge < -0.3 is 4.90 Å². The Kier molecular flexibility index (Phi) is 5.03. The van der Waals surface area contributed by atoms with Gasteiger partial charge >= 0.3 is 0 Å². The Balaban J connectivity index is 1.73. The number of anilines is 1. The zero-order valence-corrected chi connectivity index (χ0v) is 19.3. The summed E-state index contributed by atoms with van der Waals surface area (Å²) in [5.74, 6) is 0.913. The highest BCUT2D eigenvalue weighted by molar-refractivity contribution is 7.93. The maximum absolute atomic E-state index is 14.0. The second-order valence-electron chi connectivity index (χ2n) is 8.48. The zero-order chi connectivity index (χ0) is 22.5. The Bertz CT molecular complexity index is 1310. The van der Waals surface area contributed by atoms with E-state index in [0.717, 1.165) is 35.6 Å². The van der Waals surface area contributed by atoms with E-state index >= 15 is 0 Å². The highest BCUT2D eigenvalue weighted by atomic mass is 35.5. The molecular weight excluding hydrogens is 444 g/mol. The predicted molar refractivity (Wildman–Crippen MR) is 124 cm³/mol. The molecule has 3 aromatic rings. The summed E-state index contributed by atoms with van der Waals surface area (Å²) in [6.07, 6.45) is 2.58. The average Bonchev–Trinajstić information content (AvgIpc) is 3.15. The Labute approximate surface area is 193 Å². The van der Waals surface area contributed by atoms with Crippen LogP contribution in [0.25, 0.3) is 5.69 Å². The molecule has 0 N–H and O–H groups in total. The van der Waals surface area contributed by atoms with E-state index in [2.05, 4.69) is 11.0 Å². The molecule has 0 aliphatic carbocycles. The van der Waals surface area contributed by atoms with Crippen LogP contribution in [-0.2, 0) is 16.3 Å². The molecule has 1 saturated heterocycles. The molecule has 0 saturated carbocycles. The van der Waals surface area contributed by atoms with Crippen LogP contribution in [0.1, 0.15) is 30.5 Å². The number of nitrogens with zero attached hydrogens (tertiary/aromatic N) is 4. The van der Waals surface area contributed by atoms with Crippen LogP contribution in [0.15, 0.2) is 59.5 Å². The molecule has 0 amide bonds. The third kappa shape index (κ3) is 2.97. The van der Waals surface area contributed by atoms with E-state index in [1.807, 2.05) is 41.9 Å². The number of rotatable bonds is 3. The van der Waals surface area contributed by atoms with Crippen molar-refractivity contribution in [3.05, 3.63) is 70.9 Å². The second-order valence-corrected chi connectivity index (χ2v) is 11.1. The van der Waals surface area contributed by atoms with Crippen LogP contribution in [0.2, 0.25) is 5.02 Å². The third-order valence-electron chi connectivity index (χ3n) is 6.70. The van der Waals surface area contributed by atoms with E-state index in [1.165, 1.54) is 12.1 Å². The zero-order valence-electron chi connectivity index (χ0n) is 17.7. The minimum atomic E-state index is -3.97. The fourth-order valence-corrected chi connectivity index (χ4v) is 7.22. The van der Waals surface area contributed by atoms with E-state index < -0.39 is 20.6 Å². The monoisotopic (exact) mass is 466 g/mol. The fourth-order valence-electron chi connectivity index (χ4n) is 5.12. The summed E-state index contributed by atoms with van der Waals surface area (Å²) in [6.45, 7) is 2.58. The van der Waals surface area contributed by atoms with Gasteiger partial charge in [0.2, 0.25) is 0 Å². The minimum absolute atomic E-state index is 0.115. The Morgan fingerprint density at radius 3 is 2.53 bits per heavy atom. The molecule has 32 heavy (non-hydrogen) atoms. The molecule has 1 aromatic heterocycles. The van der Waals surface area contributed by atoms with Crippen LogP contribution >= 0.6 is 11.6 Å². The number of halogens is 1. The molecule has 3 heterocycles. The molecule has 164 valence electrons. The van der Waals surface area contributed by atoms with E-state index in [-0.39, 0.29) is 11.3 Å². The van der Waals surface area contributed by atoms with Gasteiger partial charge in [-0.2, -0.15) is 10.4 Å². The van der Waals surface area contributed by atoms with E-state index in [0.29, 0.717) is 18.0 Å². The first kappa shape index (κ1) is 21.0. The van der Waals surface area contributed by atoms with Crippen molar-refractivity contribution in [2.24, 2.45) is 0 Å². The summed E-state index contributed by atoms with van der Waals surface area (Å²) in [5, 5.41) is 15.7. The van der Waals surface area contributed by atoms with Crippen molar-refractivity contribution in [1.82, 2.24) is 9.78 Å². The fraction of sp³-hybridized carbons (Fsp3) is 0.333. The normalized spacial score (nSPS) is 22.7. The molecule has 0 spiro atoms. The lowest BCUT2D eigenvalue weighted by molar-refractivity contribution is 0.374. The molecular formula is C24H23ClN4O2S. The van der Waals surface area contributed by atoms with Gasteiger partial charge in [-0.1, -0.05) is 29.8 Å². The van der Waals surface area contributed by atoms with E-state index in [4.69, 9.17) is 16.7 Å². The first-order valence-electron chi connectivity index (χ1n) is 10.7. The first-order chi connectivity index (χ1) is 15.4. The lowest BCUT2D eigenvalue weighted by Crippen LogP contribution is -2.62. The van der Waals surface area contributed by atoms with Crippen LogP contribution in [0.4, 0.5) is 5.82 Å². The first-order valence-corrected chi connectivity index (χ1v) is 12.6. The maximum Gasteiger partial charge on any atom is 0.199 e. The van der Waals surface area contributed by atoms with Gasteiger partial charge in [0.15, 0.2) is 14.6 Å². The molecule has 0 unspecified atom stereocenters. The minimum Gasteiger partial charge on any atom is -0.351 e. The second kappa shape index (κ2) is 7.65. The van der Waals surface area contributed by atoms with Gasteiger partial charge in [0.05, 0.1) is 28.4 Å². The predicted octanol–water partition coefficient (Wildman–Crippen LogP) is 4.49. The average molecular weight is 467 g/mol. The standard InChI is InChI=1S/C24H23ClN4O2S/c1-17-21-15-24(16-26,32(30,31)20-12-10-18(25)11-13-20)22-9-5-6-14-28(22)23(21)29(27-17)19-7-3-2-4-8-19/h2-4,7-8,10-13,22H,5-6,9,14-15H2,1H3/t22-,24+/m0/s1. The van der Waals surface area contributed by atoms with Crippen molar-refractivity contribution in [2.45, 2.75) is 48.3 Å². The summed E-state index contributed by atoms with van der Waals surface area (Å²) >= 11 is 6.00. The van der Waals surface area contributed by atoms with Crippen molar-refractivity contribution in [1.29, 1.82) is 5.26 Å². The van der Waals surface area contributed by atoms with E-state index in [9.17, 15) is 13.7 Å². The number of aromatic nitrogens is 2. The summed E-state index contributed by atoms with van der Waals surface area (Å²) in [6, 6.07) is 17.8. The number of hydrogen-bond donors (Lipinski definition) is 0. The largest absolute Gasteiger partial charge is 0.351 e. The van der Waals surface area contributed by atoms with Gasteiger partial charge in [-0.3, -0.25) is 0 Å². The van der Waals surface area contributed by atoms with Crippen molar-refractivity contribution in [3.63, 3.8) is 0 Å². The van der Waals surface area contributed by atoms with Crippen LogP contribution in [0.5, 0.6) is 0 Å². The van der Waals surface area contributed by atoms with Gasteiger partial charge in [0, 0.05) is 23.6 Å². The molecule has 0 radical (unpaired) electrons. The van der Waals surface area contributed by atoms with Crippen molar-refractivity contribution in [2.75, 3.05) is 11.4 Å². The highest BCUT2D eigenvalue weighted by Crippen LogP contribution is 2.47. The van der Waals surface area contributed by atoms with E-state index in [1.54, 1.807) is 12.1 Å². The summed E-state index contributed by atoms with van der Waals surface area (Å²) < 4.78 is 28.3. The Morgan fingerprint density at radius 1 is 1.12 bits per heavy atom. The molecule has 8 heteroatoms. The van der Waals surface area contributed by atoms with Crippen LogP contribution < -0.4 is 4.90 Å². The van der Waals surface area contributed by atoms with Gasteiger partial charge in [-0.05, 0) is 62.6 Å². The number of sulfone groups is 1. The quantitative estimate of drug-likeness (QED) is 0.568. The SMILES string of the molecule is Cc1nn(-c2ccccc2)c2c1C[C@](C#N)(S(=O)(=O)c1ccc(Cl)cc1)[C@@H]1CCCCN21. The number of benzene rings is 2. The number of fused-ring (bicyclic) bond motifs is 3. The highest BCUT2D eigenvalue weighted by Gasteiger charge is 2.58. The van der Waals surface area contributed by atoms with Crippen molar-refractivity contribution < 1.29 is 8.42 Å². The summed E-state index contributed by atoms with van der Waals surface area (Å²) in [5.41, 5.74) is 2.50. The molecule has 5 rings (SSSR count). The number of para-hydroxylation sites is 1. The van der Waals surface area contributed by atoms with Crippen LogP contribution in [0.3, 0.4) is 0 Å². The smallest absolute Gasteiger partial charge is 0.199 e. The lowest BCUT2D eigenvalue weighted by Gasteiger charge is -2.48. The molecule has 2 aliphatic heterocycles. The summed E-state index contributed by atoms with van der Waals surface area (Å²) in [4.78, 5) is 2.25. The van der Waals surface area contributed by atoms with Gasteiger partial charge in [-0.25, -0.2) is 13.1 Å². The maximum atomic E-state index is 14.0. The number of piperidine rings is 1.